The first kappa shape index (κ1) is 15.6. The summed E-state index contributed by atoms with van der Waals surface area (Å²) >= 11 is 0. The summed E-state index contributed by atoms with van der Waals surface area (Å²) < 4.78 is 6.48. The highest BCUT2D eigenvalue weighted by Gasteiger charge is 2.26. The second-order valence-corrected chi connectivity index (χ2v) is 5.84. The lowest BCUT2D eigenvalue weighted by Gasteiger charge is -2.20. The molecule has 2 rings (SSSR count). The summed E-state index contributed by atoms with van der Waals surface area (Å²) in [7, 11) is 0. The van der Waals surface area contributed by atoms with Gasteiger partial charge in [-0.15, -0.1) is 6.42 Å². The summed E-state index contributed by atoms with van der Waals surface area (Å²) in [5, 5.41) is 10.7. The van der Waals surface area contributed by atoms with Gasteiger partial charge in [-0.1, -0.05) is 18.1 Å². The number of esters is 1. The molecular formula is C17H17NO4. The van der Waals surface area contributed by atoms with Crippen LogP contribution in [0.25, 0.3) is 10.9 Å². The average molecular weight is 299 g/mol. The quantitative estimate of drug-likeness (QED) is 0.682. The van der Waals surface area contributed by atoms with E-state index < -0.39 is 22.7 Å². The maximum atomic E-state index is 12.5. The molecule has 0 radical (unpaired) electrons. The van der Waals surface area contributed by atoms with E-state index in [2.05, 4.69) is 5.92 Å². The number of aromatic nitrogens is 1. The lowest BCUT2D eigenvalue weighted by Crippen LogP contribution is -2.31. The van der Waals surface area contributed by atoms with E-state index in [1.54, 1.807) is 45.0 Å². The SMILES string of the molecule is C#CCn1c(=O)c(C(=O)OC(C)(C)C)c(O)c2ccccc21. The number of para-hydroxylation sites is 1. The molecule has 0 unspecified atom stereocenters. The monoisotopic (exact) mass is 299 g/mol. The normalized spacial score (nSPS) is 11.2. The smallest absolute Gasteiger partial charge is 0.348 e. The fourth-order valence-corrected chi connectivity index (χ4v) is 2.15. The van der Waals surface area contributed by atoms with Crippen molar-refractivity contribution in [3.63, 3.8) is 0 Å². The van der Waals surface area contributed by atoms with Gasteiger partial charge in [-0.3, -0.25) is 9.36 Å². The van der Waals surface area contributed by atoms with E-state index in [0.29, 0.717) is 10.9 Å². The summed E-state index contributed by atoms with van der Waals surface area (Å²) in [4.78, 5) is 24.8. The van der Waals surface area contributed by atoms with Crippen LogP contribution < -0.4 is 5.56 Å². The third-order valence-corrected chi connectivity index (χ3v) is 3.00. The minimum atomic E-state index is -0.869. The van der Waals surface area contributed by atoms with Crippen LogP contribution in [0.5, 0.6) is 5.75 Å². The highest BCUT2D eigenvalue weighted by atomic mass is 16.6. The van der Waals surface area contributed by atoms with E-state index >= 15 is 0 Å². The molecule has 0 saturated carbocycles. The minimum Gasteiger partial charge on any atom is -0.506 e. The zero-order chi connectivity index (χ0) is 16.5. The molecule has 5 heteroatoms. The van der Waals surface area contributed by atoms with E-state index in [0.717, 1.165) is 0 Å². The van der Waals surface area contributed by atoms with Crippen molar-refractivity contribution in [1.29, 1.82) is 0 Å². The molecule has 0 bridgehead atoms. The largest absolute Gasteiger partial charge is 0.506 e. The predicted octanol–water partition coefficient (Wildman–Crippen LogP) is 2.30. The molecule has 0 saturated heterocycles. The molecule has 0 aliphatic rings. The summed E-state index contributed by atoms with van der Waals surface area (Å²) in [5.74, 6) is 1.13. The molecule has 1 aromatic carbocycles. The van der Waals surface area contributed by atoms with Crippen LogP contribution in [0.3, 0.4) is 0 Å². The predicted molar refractivity (Wildman–Crippen MR) is 83.9 cm³/mol. The highest BCUT2D eigenvalue weighted by Crippen LogP contribution is 2.27. The molecule has 0 fully saturated rings. The van der Waals surface area contributed by atoms with E-state index in [4.69, 9.17) is 11.2 Å². The van der Waals surface area contributed by atoms with E-state index in [-0.39, 0.29) is 12.3 Å². The summed E-state index contributed by atoms with van der Waals surface area (Å²) in [5.41, 5.74) is -1.37. The summed E-state index contributed by atoms with van der Waals surface area (Å²) in [6.45, 7) is 5.05. The van der Waals surface area contributed by atoms with Gasteiger partial charge >= 0.3 is 5.97 Å². The first-order valence-electron chi connectivity index (χ1n) is 6.77. The lowest BCUT2D eigenvalue weighted by atomic mass is 10.1. The molecule has 1 aromatic heterocycles. The Hall–Kier alpha value is -2.74. The van der Waals surface area contributed by atoms with Gasteiger partial charge in [0.15, 0.2) is 5.56 Å². The number of fused-ring (bicyclic) bond motifs is 1. The molecule has 22 heavy (non-hydrogen) atoms. The van der Waals surface area contributed by atoms with E-state index in [1.807, 2.05) is 0 Å². The number of pyridine rings is 1. The van der Waals surface area contributed by atoms with Gasteiger partial charge in [-0.25, -0.2) is 4.79 Å². The topological polar surface area (TPSA) is 68.5 Å². The molecular weight excluding hydrogens is 282 g/mol. The van der Waals surface area contributed by atoms with Crippen molar-refractivity contribution < 1.29 is 14.6 Å². The molecule has 2 aromatic rings. The fourth-order valence-electron chi connectivity index (χ4n) is 2.15. The van der Waals surface area contributed by atoms with Crippen molar-refractivity contribution in [1.82, 2.24) is 4.57 Å². The van der Waals surface area contributed by atoms with Gasteiger partial charge in [0.1, 0.15) is 11.4 Å². The number of carbonyl (C=O) groups is 1. The highest BCUT2D eigenvalue weighted by molar-refractivity contribution is 5.99. The molecule has 0 atom stereocenters. The van der Waals surface area contributed by atoms with E-state index in [9.17, 15) is 14.7 Å². The lowest BCUT2D eigenvalue weighted by molar-refractivity contribution is 0.00645. The third kappa shape index (κ3) is 2.82. The number of hydrogen-bond acceptors (Lipinski definition) is 4. The van der Waals surface area contributed by atoms with Gasteiger partial charge in [0.25, 0.3) is 5.56 Å². The van der Waals surface area contributed by atoms with E-state index in [1.165, 1.54) is 4.57 Å². The summed E-state index contributed by atoms with van der Waals surface area (Å²) in [6.07, 6.45) is 5.30. The van der Waals surface area contributed by atoms with Crippen LogP contribution in [0.1, 0.15) is 31.1 Å². The maximum absolute atomic E-state index is 12.5. The number of terminal acetylenes is 1. The van der Waals surface area contributed by atoms with Crippen molar-refractivity contribution in [3.05, 3.63) is 40.2 Å². The van der Waals surface area contributed by atoms with Gasteiger partial charge in [-0.05, 0) is 32.9 Å². The van der Waals surface area contributed by atoms with Crippen molar-refractivity contribution in [2.45, 2.75) is 32.9 Å². The number of rotatable bonds is 2. The van der Waals surface area contributed by atoms with Crippen LogP contribution >= 0.6 is 0 Å². The zero-order valence-corrected chi connectivity index (χ0v) is 12.7. The number of hydrogen-bond donors (Lipinski definition) is 1. The Kier molecular flexibility index (Phi) is 3.96. The van der Waals surface area contributed by atoms with Crippen molar-refractivity contribution in [2.24, 2.45) is 0 Å². The van der Waals surface area contributed by atoms with Crippen LogP contribution in [-0.4, -0.2) is 21.2 Å². The fraction of sp³-hybridized carbons (Fsp3) is 0.294. The second kappa shape index (κ2) is 5.57. The summed E-state index contributed by atoms with van der Waals surface area (Å²) in [6, 6.07) is 6.70. The van der Waals surface area contributed by atoms with Gasteiger partial charge < -0.3 is 9.84 Å². The van der Waals surface area contributed by atoms with Crippen molar-refractivity contribution in [3.8, 4) is 18.1 Å². The number of benzene rings is 1. The van der Waals surface area contributed by atoms with Crippen LogP contribution in [0.2, 0.25) is 0 Å². The van der Waals surface area contributed by atoms with Gasteiger partial charge in [0, 0.05) is 5.39 Å². The number of nitrogens with zero attached hydrogens (tertiary/aromatic N) is 1. The average Bonchev–Trinajstić information content (AvgIpc) is 2.41. The molecule has 5 nitrogen and oxygen atoms in total. The molecule has 1 heterocycles. The number of carbonyl (C=O) groups excluding carboxylic acids is 1. The standard InChI is InChI=1S/C17H17NO4/c1-5-10-18-12-9-7-6-8-11(12)14(19)13(15(18)20)16(21)22-17(2,3)4/h1,6-9,19H,10H2,2-4H3. The van der Waals surface area contributed by atoms with Crippen LogP contribution in [0.15, 0.2) is 29.1 Å². The first-order chi connectivity index (χ1) is 10.3. The molecule has 0 amide bonds. The molecule has 0 spiro atoms. The van der Waals surface area contributed by atoms with Crippen molar-refractivity contribution in [2.75, 3.05) is 0 Å². The van der Waals surface area contributed by atoms with Gasteiger partial charge in [-0.2, -0.15) is 0 Å². The minimum absolute atomic E-state index is 0.00454. The molecule has 0 aliphatic heterocycles. The Morgan fingerprint density at radius 1 is 1.36 bits per heavy atom. The van der Waals surface area contributed by atoms with Crippen LogP contribution in [0.4, 0.5) is 0 Å². The Balaban J connectivity index is 2.78. The third-order valence-electron chi connectivity index (χ3n) is 3.00. The maximum Gasteiger partial charge on any atom is 0.348 e. The van der Waals surface area contributed by atoms with Crippen LogP contribution in [-0.2, 0) is 11.3 Å². The molecule has 0 aliphatic carbocycles. The van der Waals surface area contributed by atoms with Crippen molar-refractivity contribution >= 4 is 16.9 Å². The molecule has 114 valence electrons. The Labute approximate surface area is 128 Å². The van der Waals surface area contributed by atoms with Crippen LogP contribution in [0, 0.1) is 12.3 Å². The Bertz CT molecular complexity index is 835. The molecule has 1 N–H and O–H groups in total. The second-order valence-electron chi connectivity index (χ2n) is 5.84. The Morgan fingerprint density at radius 2 is 2.00 bits per heavy atom. The number of ether oxygens (including phenoxy) is 1. The number of aromatic hydroxyl groups is 1. The Morgan fingerprint density at radius 3 is 2.59 bits per heavy atom. The van der Waals surface area contributed by atoms with Gasteiger partial charge in [0.2, 0.25) is 0 Å². The first-order valence-corrected chi connectivity index (χ1v) is 6.77. The van der Waals surface area contributed by atoms with Gasteiger partial charge in [0.05, 0.1) is 12.1 Å². The zero-order valence-electron chi connectivity index (χ0n) is 12.7.